The molecule has 1 N–H and O–H groups in total. The Balaban J connectivity index is 1.34. The maximum Gasteiger partial charge on any atom is 0.194 e. The van der Waals surface area contributed by atoms with Crippen molar-refractivity contribution in [2.24, 2.45) is 23.7 Å². The molecule has 100 valence electrons. The Morgan fingerprint density at radius 2 is 2.16 bits per heavy atom. The lowest BCUT2D eigenvalue weighted by molar-refractivity contribution is 0.456. The van der Waals surface area contributed by atoms with Crippen LogP contribution in [0, 0.1) is 30.6 Å². The number of thiazole rings is 1. The van der Waals surface area contributed by atoms with E-state index in [1.54, 1.807) is 11.3 Å². The summed E-state index contributed by atoms with van der Waals surface area (Å²) in [6.45, 7) is 3.12. The lowest BCUT2D eigenvalue weighted by Gasteiger charge is -2.10. The molecule has 19 heavy (non-hydrogen) atoms. The summed E-state index contributed by atoms with van der Waals surface area (Å²) in [5.41, 5.74) is 2.54. The van der Waals surface area contributed by atoms with Gasteiger partial charge in [-0.3, -0.25) is 4.40 Å². The first kappa shape index (κ1) is 10.9. The number of aryl methyl sites for hydroxylation is 1. The number of imidazole rings is 1. The number of nitrogens with zero attached hydrogens (tertiary/aromatic N) is 2. The van der Waals surface area contributed by atoms with Crippen molar-refractivity contribution in [3.8, 4) is 0 Å². The van der Waals surface area contributed by atoms with E-state index in [9.17, 15) is 0 Å². The number of hydrogen-bond acceptors (Lipinski definition) is 3. The Morgan fingerprint density at radius 3 is 2.95 bits per heavy atom. The molecule has 3 aliphatic carbocycles. The van der Waals surface area contributed by atoms with E-state index in [-0.39, 0.29) is 0 Å². The van der Waals surface area contributed by atoms with Crippen LogP contribution in [-0.2, 0) is 6.54 Å². The van der Waals surface area contributed by atoms with Crippen molar-refractivity contribution in [2.75, 3.05) is 0 Å². The Labute approximate surface area is 117 Å². The topological polar surface area (TPSA) is 29.3 Å². The Bertz CT molecular complexity index is 627. The highest BCUT2D eigenvalue weighted by Gasteiger charge is 2.64. The van der Waals surface area contributed by atoms with Crippen LogP contribution in [0.25, 0.3) is 4.96 Å². The van der Waals surface area contributed by atoms with Crippen LogP contribution in [0.4, 0.5) is 0 Å². The van der Waals surface area contributed by atoms with Gasteiger partial charge in [0, 0.05) is 24.2 Å². The third-order valence-electron chi connectivity index (χ3n) is 5.80. The van der Waals surface area contributed by atoms with E-state index >= 15 is 0 Å². The van der Waals surface area contributed by atoms with Gasteiger partial charge in [-0.25, -0.2) is 4.98 Å². The fourth-order valence-electron chi connectivity index (χ4n) is 4.97. The molecule has 2 heterocycles. The average Bonchev–Trinajstić information content (AvgIpc) is 2.87. The SMILES string of the molecule is Cc1nc2sccn2c1CNC1C2C3CCC(C3)C12. The van der Waals surface area contributed by atoms with Crippen molar-refractivity contribution >= 4 is 16.3 Å². The first-order valence-electron chi connectivity index (χ1n) is 7.47. The number of hydrogen-bond donors (Lipinski definition) is 1. The van der Waals surface area contributed by atoms with Crippen LogP contribution in [0.15, 0.2) is 11.6 Å². The summed E-state index contributed by atoms with van der Waals surface area (Å²) < 4.78 is 2.25. The zero-order valence-electron chi connectivity index (χ0n) is 11.2. The summed E-state index contributed by atoms with van der Waals surface area (Å²) in [6.07, 6.45) is 6.69. The van der Waals surface area contributed by atoms with Crippen LogP contribution < -0.4 is 5.32 Å². The fraction of sp³-hybridized carbons (Fsp3) is 0.667. The molecule has 0 radical (unpaired) electrons. The van der Waals surface area contributed by atoms with Crippen molar-refractivity contribution in [1.29, 1.82) is 0 Å². The minimum absolute atomic E-state index is 0.815. The van der Waals surface area contributed by atoms with Crippen molar-refractivity contribution in [3.05, 3.63) is 23.0 Å². The van der Waals surface area contributed by atoms with Gasteiger partial charge < -0.3 is 5.32 Å². The first-order chi connectivity index (χ1) is 9.33. The number of aromatic nitrogens is 2. The minimum Gasteiger partial charge on any atom is -0.308 e. The van der Waals surface area contributed by atoms with Gasteiger partial charge in [0.25, 0.3) is 0 Å². The number of rotatable bonds is 3. The van der Waals surface area contributed by atoms with E-state index in [0.29, 0.717) is 0 Å². The van der Waals surface area contributed by atoms with Gasteiger partial charge in [-0.1, -0.05) is 0 Å². The summed E-state index contributed by atoms with van der Waals surface area (Å²) in [7, 11) is 0. The highest BCUT2D eigenvalue weighted by Crippen LogP contribution is 2.65. The zero-order valence-corrected chi connectivity index (χ0v) is 12.0. The second kappa shape index (κ2) is 3.61. The standard InChI is InChI=1S/C15H19N3S/c1-8-11(18-4-5-19-15(18)17-8)7-16-14-12-9-2-3-10(6-9)13(12)14/h4-5,9-10,12-14,16H,2-3,6-7H2,1H3. The maximum absolute atomic E-state index is 4.63. The minimum atomic E-state index is 0.815. The zero-order chi connectivity index (χ0) is 12.6. The van der Waals surface area contributed by atoms with E-state index in [1.165, 1.54) is 30.7 Å². The molecule has 0 aliphatic heterocycles. The molecule has 0 spiro atoms. The molecule has 3 saturated carbocycles. The second-order valence-corrected chi connectivity index (χ2v) is 7.47. The molecule has 4 unspecified atom stereocenters. The second-order valence-electron chi connectivity index (χ2n) is 6.59. The number of nitrogens with one attached hydrogen (secondary N) is 1. The third-order valence-corrected chi connectivity index (χ3v) is 6.56. The van der Waals surface area contributed by atoms with Crippen molar-refractivity contribution < 1.29 is 0 Å². The van der Waals surface area contributed by atoms with Crippen LogP contribution in [0.3, 0.4) is 0 Å². The largest absolute Gasteiger partial charge is 0.308 e. The highest BCUT2D eigenvalue weighted by atomic mass is 32.1. The molecule has 3 aliphatic rings. The quantitative estimate of drug-likeness (QED) is 0.932. The van der Waals surface area contributed by atoms with E-state index in [2.05, 4.69) is 33.2 Å². The van der Waals surface area contributed by atoms with Gasteiger partial charge in [0.2, 0.25) is 0 Å². The molecule has 0 amide bonds. The molecule has 2 bridgehead atoms. The average molecular weight is 273 g/mol. The third kappa shape index (κ3) is 1.39. The van der Waals surface area contributed by atoms with Crippen LogP contribution in [0.5, 0.6) is 0 Å². The number of fused-ring (bicyclic) bond motifs is 6. The van der Waals surface area contributed by atoms with E-state index in [1.807, 2.05) is 0 Å². The summed E-state index contributed by atoms with van der Waals surface area (Å²) in [5, 5.41) is 5.95. The predicted molar refractivity (Wildman–Crippen MR) is 76.2 cm³/mol. The van der Waals surface area contributed by atoms with Gasteiger partial charge in [-0.05, 0) is 49.9 Å². The fourth-order valence-corrected chi connectivity index (χ4v) is 5.74. The monoisotopic (exact) mass is 273 g/mol. The van der Waals surface area contributed by atoms with Crippen LogP contribution in [0.2, 0.25) is 0 Å². The molecule has 2 aromatic heterocycles. The lowest BCUT2D eigenvalue weighted by atomic mass is 10.0. The molecular formula is C15H19N3S. The molecular weight excluding hydrogens is 254 g/mol. The summed E-state index contributed by atoms with van der Waals surface area (Å²) in [4.78, 5) is 5.76. The van der Waals surface area contributed by atoms with Crippen LogP contribution in [-0.4, -0.2) is 15.4 Å². The van der Waals surface area contributed by atoms with Gasteiger partial charge in [-0.2, -0.15) is 0 Å². The molecule has 4 heteroatoms. The highest BCUT2D eigenvalue weighted by molar-refractivity contribution is 7.15. The van der Waals surface area contributed by atoms with Gasteiger partial charge in [-0.15, -0.1) is 11.3 Å². The Morgan fingerprint density at radius 1 is 1.37 bits per heavy atom. The Kier molecular flexibility index (Phi) is 2.06. The van der Waals surface area contributed by atoms with Gasteiger partial charge in [0.15, 0.2) is 4.96 Å². The van der Waals surface area contributed by atoms with Gasteiger partial charge >= 0.3 is 0 Å². The maximum atomic E-state index is 4.63. The summed E-state index contributed by atoms with van der Waals surface area (Å²) in [5.74, 6) is 4.15. The molecule has 5 rings (SSSR count). The molecule has 3 fully saturated rings. The van der Waals surface area contributed by atoms with E-state index in [0.717, 1.165) is 41.2 Å². The smallest absolute Gasteiger partial charge is 0.194 e. The lowest BCUT2D eigenvalue weighted by Crippen LogP contribution is -2.23. The summed E-state index contributed by atoms with van der Waals surface area (Å²) >= 11 is 1.72. The van der Waals surface area contributed by atoms with E-state index < -0.39 is 0 Å². The van der Waals surface area contributed by atoms with Crippen LogP contribution in [0.1, 0.15) is 30.7 Å². The summed E-state index contributed by atoms with van der Waals surface area (Å²) in [6, 6.07) is 0.815. The predicted octanol–water partition coefficient (Wildman–Crippen LogP) is 2.84. The van der Waals surface area contributed by atoms with Gasteiger partial charge in [0.05, 0.1) is 11.4 Å². The van der Waals surface area contributed by atoms with Crippen molar-refractivity contribution in [2.45, 2.75) is 38.8 Å². The first-order valence-corrected chi connectivity index (χ1v) is 8.35. The molecule has 0 aromatic carbocycles. The van der Waals surface area contributed by atoms with Crippen LogP contribution >= 0.6 is 11.3 Å². The van der Waals surface area contributed by atoms with Crippen molar-refractivity contribution in [3.63, 3.8) is 0 Å². The molecule has 0 saturated heterocycles. The van der Waals surface area contributed by atoms with Gasteiger partial charge in [0.1, 0.15) is 0 Å². The molecule has 4 atom stereocenters. The molecule has 2 aromatic rings. The Hall–Kier alpha value is -0.870. The van der Waals surface area contributed by atoms with Crippen molar-refractivity contribution in [1.82, 2.24) is 14.7 Å². The molecule has 3 nitrogen and oxygen atoms in total. The van der Waals surface area contributed by atoms with E-state index in [4.69, 9.17) is 0 Å². The normalized spacial score (nSPS) is 39.1.